The van der Waals surface area contributed by atoms with Gasteiger partial charge < -0.3 is 30.9 Å². The maximum absolute atomic E-state index is 12.9. The third-order valence-electron chi connectivity index (χ3n) is 7.99. The largest absolute Gasteiger partial charge is 0.504 e. The summed E-state index contributed by atoms with van der Waals surface area (Å²) < 4.78 is 0. The zero-order chi connectivity index (χ0) is 35.5. The highest BCUT2D eigenvalue weighted by molar-refractivity contribution is 6.04. The summed E-state index contributed by atoms with van der Waals surface area (Å²) in [7, 11) is 2.16. The minimum absolute atomic E-state index is 0.143. The van der Waals surface area contributed by atoms with Crippen molar-refractivity contribution in [3.63, 3.8) is 0 Å². The second-order valence-electron chi connectivity index (χ2n) is 11.8. The second-order valence-corrected chi connectivity index (χ2v) is 11.8. The number of phenols is 2. The van der Waals surface area contributed by atoms with E-state index in [4.69, 9.17) is 15.3 Å². The van der Waals surface area contributed by atoms with Crippen molar-refractivity contribution in [3.05, 3.63) is 126 Å². The lowest BCUT2D eigenvalue weighted by Gasteiger charge is -2.32. The average molecular weight is 674 g/mol. The first-order valence-corrected chi connectivity index (χ1v) is 16.0. The summed E-state index contributed by atoms with van der Waals surface area (Å²) in [5.41, 5.74) is 6.59. The normalized spacial score (nSPS) is 13.3. The standard InChI is InChI=1S/C29H31N7O.C9H8O4/c1-21-5-10-25(18-27(21)34-29-31-13-11-26(33-29)24-4-3-12-30-19-24)32-28(37)23-8-6-22(7-9-23)20-36-16-14-35(2)15-17-36;10-7-3-1-6(5-8(7)11)2-4-9(12)13/h3-13,18-19H,14-17,20H2,1-2H3,(H,32,37)(H,31,33,34);1-5,10-11H,(H,12,13)/b;4-2+. The Balaban J connectivity index is 0.000000315. The molecular formula is C38H39N7O5. The van der Waals surface area contributed by atoms with E-state index in [9.17, 15) is 9.59 Å². The number of aryl methyl sites for hydroxylation is 1. The number of carboxylic acid groups (broad SMARTS) is 1. The molecule has 50 heavy (non-hydrogen) atoms. The summed E-state index contributed by atoms with van der Waals surface area (Å²) >= 11 is 0. The third kappa shape index (κ3) is 10.2. The average Bonchev–Trinajstić information content (AvgIpc) is 3.12. The van der Waals surface area contributed by atoms with Gasteiger partial charge in [-0.1, -0.05) is 24.3 Å². The molecule has 12 nitrogen and oxygen atoms in total. The number of phenolic OH excluding ortho intramolecular Hbond substituents is 2. The molecule has 2 aromatic heterocycles. The Morgan fingerprint density at radius 1 is 0.900 bits per heavy atom. The zero-order valence-corrected chi connectivity index (χ0v) is 27.8. The van der Waals surface area contributed by atoms with Crippen LogP contribution in [0.4, 0.5) is 17.3 Å². The molecule has 0 radical (unpaired) electrons. The summed E-state index contributed by atoms with van der Waals surface area (Å²) in [4.78, 5) is 41.0. The number of hydrogen-bond donors (Lipinski definition) is 5. The molecule has 1 fully saturated rings. The van der Waals surface area contributed by atoms with Crippen molar-refractivity contribution in [2.45, 2.75) is 13.5 Å². The number of rotatable bonds is 9. The van der Waals surface area contributed by atoms with Gasteiger partial charge >= 0.3 is 5.97 Å². The topological polar surface area (TPSA) is 164 Å². The summed E-state index contributed by atoms with van der Waals surface area (Å²) in [6, 6.07) is 23.4. The Bertz CT molecular complexity index is 1940. The van der Waals surface area contributed by atoms with Crippen LogP contribution in [0.15, 0.2) is 104 Å². The van der Waals surface area contributed by atoms with Gasteiger partial charge in [0.15, 0.2) is 11.5 Å². The lowest BCUT2D eigenvalue weighted by molar-refractivity contribution is -0.131. The Kier molecular flexibility index (Phi) is 11.8. The van der Waals surface area contributed by atoms with Crippen molar-refractivity contribution in [1.82, 2.24) is 24.8 Å². The molecule has 12 heteroatoms. The molecule has 0 saturated carbocycles. The van der Waals surface area contributed by atoms with Gasteiger partial charge in [-0.3, -0.25) is 14.7 Å². The van der Waals surface area contributed by atoms with Crippen LogP contribution in [0.3, 0.4) is 0 Å². The Morgan fingerprint density at radius 2 is 1.68 bits per heavy atom. The molecule has 0 bridgehead atoms. The molecule has 0 atom stereocenters. The molecule has 5 N–H and O–H groups in total. The summed E-state index contributed by atoms with van der Waals surface area (Å²) in [5, 5.41) is 32.6. The third-order valence-corrected chi connectivity index (χ3v) is 7.99. The molecule has 1 saturated heterocycles. The van der Waals surface area contributed by atoms with Gasteiger partial charge in [0, 0.05) is 79.9 Å². The van der Waals surface area contributed by atoms with Crippen molar-refractivity contribution >= 4 is 35.3 Å². The summed E-state index contributed by atoms with van der Waals surface area (Å²) in [6.45, 7) is 7.24. The summed E-state index contributed by atoms with van der Waals surface area (Å²) in [5.74, 6) is -1.23. The second kappa shape index (κ2) is 16.8. The number of amides is 1. The zero-order valence-electron chi connectivity index (χ0n) is 27.8. The van der Waals surface area contributed by atoms with Gasteiger partial charge in [0.05, 0.1) is 5.69 Å². The number of carboxylic acids is 1. The van der Waals surface area contributed by atoms with E-state index in [2.05, 4.69) is 42.4 Å². The number of nitrogens with one attached hydrogen (secondary N) is 2. The number of aromatic hydroxyl groups is 2. The number of aliphatic carboxylic acids is 1. The Labute approximate surface area is 290 Å². The van der Waals surface area contributed by atoms with E-state index in [0.29, 0.717) is 22.8 Å². The van der Waals surface area contributed by atoms with Crippen LogP contribution in [0, 0.1) is 6.92 Å². The molecule has 0 unspecified atom stereocenters. The fourth-order valence-corrected chi connectivity index (χ4v) is 5.09. The number of piperazine rings is 1. The minimum Gasteiger partial charge on any atom is -0.504 e. The molecule has 6 rings (SSSR count). The smallest absolute Gasteiger partial charge is 0.328 e. The fourth-order valence-electron chi connectivity index (χ4n) is 5.09. The first-order valence-electron chi connectivity index (χ1n) is 16.0. The maximum atomic E-state index is 12.9. The van der Waals surface area contributed by atoms with Crippen LogP contribution in [0.2, 0.25) is 0 Å². The van der Waals surface area contributed by atoms with Crippen LogP contribution >= 0.6 is 0 Å². The first kappa shape index (κ1) is 35.2. The maximum Gasteiger partial charge on any atom is 0.328 e. The van der Waals surface area contributed by atoms with Crippen LogP contribution in [0.5, 0.6) is 11.5 Å². The van der Waals surface area contributed by atoms with E-state index in [0.717, 1.165) is 61.3 Å². The minimum atomic E-state index is -1.06. The van der Waals surface area contributed by atoms with Crippen LogP contribution in [0.25, 0.3) is 17.3 Å². The molecular weight excluding hydrogens is 634 g/mol. The summed E-state index contributed by atoms with van der Waals surface area (Å²) in [6.07, 6.45) is 7.49. The number of pyridine rings is 1. The number of anilines is 3. The van der Waals surface area contributed by atoms with Crippen molar-refractivity contribution in [3.8, 4) is 22.8 Å². The molecule has 1 amide bonds. The van der Waals surface area contributed by atoms with Crippen LogP contribution in [0.1, 0.15) is 27.0 Å². The van der Waals surface area contributed by atoms with E-state index in [-0.39, 0.29) is 17.4 Å². The molecule has 5 aromatic rings. The highest BCUT2D eigenvalue weighted by Crippen LogP contribution is 2.26. The highest BCUT2D eigenvalue weighted by Gasteiger charge is 2.15. The van der Waals surface area contributed by atoms with Gasteiger partial charge in [-0.25, -0.2) is 14.8 Å². The van der Waals surface area contributed by atoms with E-state index < -0.39 is 5.97 Å². The molecule has 3 heterocycles. The van der Waals surface area contributed by atoms with Crippen molar-refractivity contribution < 1.29 is 24.9 Å². The number of likely N-dealkylation sites (N-methyl/N-ethyl adjacent to an activating group) is 1. The quantitative estimate of drug-likeness (QED) is 0.0951. The van der Waals surface area contributed by atoms with E-state index >= 15 is 0 Å². The fraction of sp³-hybridized carbons (Fsp3) is 0.184. The first-order chi connectivity index (χ1) is 24.1. The molecule has 0 spiro atoms. The van der Waals surface area contributed by atoms with Gasteiger partial charge in [-0.15, -0.1) is 0 Å². The van der Waals surface area contributed by atoms with Crippen molar-refractivity contribution in [2.75, 3.05) is 43.9 Å². The predicted molar refractivity (Wildman–Crippen MR) is 193 cm³/mol. The van der Waals surface area contributed by atoms with Crippen LogP contribution in [-0.2, 0) is 11.3 Å². The van der Waals surface area contributed by atoms with Gasteiger partial charge in [0.1, 0.15) is 0 Å². The van der Waals surface area contributed by atoms with Crippen molar-refractivity contribution in [2.24, 2.45) is 0 Å². The van der Waals surface area contributed by atoms with Gasteiger partial charge in [-0.2, -0.15) is 0 Å². The van der Waals surface area contributed by atoms with Crippen molar-refractivity contribution in [1.29, 1.82) is 0 Å². The SMILES string of the molecule is Cc1ccc(NC(=O)c2ccc(CN3CCN(C)CC3)cc2)cc1Nc1nccc(-c2cccnc2)n1.O=C(O)/C=C/c1ccc(O)c(O)c1. The van der Waals surface area contributed by atoms with E-state index in [1.165, 1.54) is 29.8 Å². The number of aromatic nitrogens is 3. The number of benzene rings is 3. The molecule has 1 aliphatic rings. The molecule has 256 valence electrons. The Morgan fingerprint density at radius 3 is 2.38 bits per heavy atom. The van der Waals surface area contributed by atoms with Gasteiger partial charge in [0.2, 0.25) is 5.95 Å². The lowest BCUT2D eigenvalue weighted by Crippen LogP contribution is -2.43. The molecule has 1 aliphatic heterocycles. The molecule has 0 aliphatic carbocycles. The number of nitrogens with zero attached hydrogens (tertiary/aromatic N) is 5. The highest BCUT2D eigenvalue weighted by atomic mass is 16.4. The number of carbonyl (C=O) groups is 2. The van der Waals surface area contributed by atoms with Crippen LogP contribution < -0.4 is 10.6 Å². The van der Waals surface area contributed by atoms with Gasteiger partial charge in [0.25, 0.3) is 5.91 Å². The number of hydrogen-bond acceptors (Lipinski definition) is 10. The van der Waals surface area contributed by atoms with Crippen LogP contribution in [-0.4, -0.2) is 85.2 Å². The number of carbonyl (C=O) groups excluding carboxylic acids is 1. The molecule has 3 aromatic carbocycles. The van der Waals surface area contributed by atoms with Gasteiger partial charge in [-0.05, 0) is 91.3 Å². The predicted octanol–water partition coefficient (Wildman–Crippen LogP) is 5.79. The monoisotopic (exact) mass is 673 g/mol. The lowest BCUT2D eigenvalue weighted by atomic mass is 10.1. The van der Waals surface area contributed by atoms with E-state index in [1.54, 1.807) is 18.6 Å². The Hall–Kier alpha value is -6.11. The van der Waals surface area contributed by atoms with E-state index in [1.807, 2.05) is 67.6 Å².